The lowest BCUT2D eigenvalue weighted by atomic mass is 10.3. The summed E-state index contributed by atoms with van der Waals surface area (Å²) in [4.78, 5) is 22.0. The van der Waals surface area contributed by atoms with E-state index in [2.05, 4.69) is 23.8 Å². The minimum atomic E-state index is -1.69. The van der Waals surface area contributed by atoms with Gasteiger partial charge in [0.1, 0.15) is 0 Å². The van der Waals surface area contributed by atoms with Crippen molar-refractivity contribution in [1.82, 2.24) is 10.6 Å². The van der Waals surface area contributed by atoms with Crippen molar-refractivity contribution in [2.75, 3.05) is 13.1 Å². The number of aliphatic hydroxyl groups excluding tert-OH is 1. The fourth-order valence-electron chi connectivity index (χ4n) is 0.658. The summed E-state index contributed by atoms with van der Waals surface area (Å²) < 4.78 is 0. The fourth-order valence-corrected chi connectivity index (χ4v) is 0.658. The molecule has 0 spiro atoms. The third kappa shape index (κ3) is 6.45. The van der Waals surface area contributed by atoms with E-state index in [1.54, 1.807) is 0 Å². The zero-order chi connectivity index (χ0) is 11.0. The number of hydrogen-bond donors (Lipinski definition) is 3. The molecule has 0 aliphatic carbocycles. The maximum atomic E-state index is 11.0. The van der Waals surface area contributed by atoms with Gasteiger partial charge in [0.25, 0.3) is 11.8 Å². The van der Waals surface area contributed by atoms with Gasteiger partial charge in [-0.2, -0.15) is 0 Å². The first-order chi connectivity index (χ1) is 6.63. The van der Waals surface area contributed by atoms with E-state index in [4.69, 9.17) is 5.11 Å². The van der Waals surface area contributed by atoms with E-state index < -0.39 is 17.9 Å². The van der Waals surface area contributed by atoms with E-state index in [-0.39, 0.29) is 20.5 Å². The first kappa shape index (κ1) is 15.8. The van der Waals surface area contributed by atoms with Crippen LogP contribution in [0, 0.1) is 0 Å². The van der Waals surface area contributed by atoms with E-state index in [9.17, 15) is 9.59 Å². The van der Waals surface area contributed by atoms with Gasteiger partial charge in [-0.05, 0) is 0 Å². The Morgan fingerprint density at radius 1 is 1.13 bits per heavy atom. The lowest BCUT2D eigenvalue weighted by Crippen LogP contribution is -2.45. The molecule has 0 heterocycles. The summed E-state index contributed by atoms with van der Waals surface area (Å²) in [5.74, 6) is -1.49. The zero-order valence-electron chi connectivity index (χ0n) is 7.82. The van der Waals surface area contributed by atoms with Crippen LogP contribution < -0.4 is 10.6 Å². The van der Waals surface area contributed by atoms with Gasteiger partial charge >= 0.3 is 0 Å². The fraction of sp³-hybridized carbons (Fsp3) is 0.400. The Labute approximate surface area is 89.9 Å². The van der Waals surface area contributed by atoms with Crippen LogP contribution in [0.3, 0.4) is 0 Å². The highest BCUT2D eigenvalue weighted by Gasteiger charge is 2.21. The van der Waals surface area contributed by atoms with Crippen molar-refractivity contribution in [1.29, 1.82) is 0 Å². The highest BCUT2D eigenvalue weighted by molar-refractivity contribution is 6.02. The molecule has 0 aromatic carbocycles. The lowest BCUT2D eigenvalue weighted by Gasteiger charge is -2.09. The molecule has 5 heteroatoms. The Morgan fingerprint density at radius 2 is 1.47 bits per heavy atom. The average Bonchev–Trinajstić information content (AvgIpc) is 2.21. The predicted octanol–water partition coefficient (Wildman–Crippen LogP) is -0.412. The van der Waals surface area contributed by atoms with Crippen molar-refractivity contribution in [3.8, 4) is 0 Å². The van der Waals surface area contributed by atoms with Gasteiger partial charge < -0.3 is 15.7 Å². The summed E-state index contributed by atoms with van der Waals surface area (Å²) in [7, 11) is 0. The lowest BCUT2D eigenvalue weighted by molar-refractivity contribution is -0.140. The normalized spacial score (nSPS) is 8.67. The molecule has 0 aromatic heterocycles. The van der Waals surface area contributed by atoms with Crippen LogP contribution in [0.4, 0.5) is 0 Å². The van der Waals surface area contributed by atoms with Crippen molar-refractivity contribution < 1.29 is 14.7 Å². The van der Waals surface area contributed by atoms with Crippen LogP contribution in [0.15, 0.2) is 25.3 Å². The SMILES string of the molecule is C.C=CCNC(=O)C(O)C(=O)NCC=C. The predicted molar refractivity (Wildman–Crippen MR) is 59.2 cm³/mol. The van der Waals surface area contributed by atoms with Crippen LogP contribution in [0.25, 0.3) is 0 Å². The molecule has 0 aliphatic rings. The monoisotopic (exact) mass is 214 g/mol. The molecular formula is C10H18N2O3. The Morgan fingerprint density at radius 3 is 1.73 bits per heavy atom. The van der Waals surface area contributed by atoms with Crippen molar-refractivity contribution >= 4 is 11.8 Å². The summed E-state index contributed by atoms with van der Waals surface area (Å²) in [5.41, 5.74) is 0. The number of aliphatic hydroxyl groups is 1. The van der Waals surface area contributed by atoms with Crippen molar-refractivity contribution in [2.24, 2.45) is 0 Å². The molecule has 5 nitrogen and oxygen atoms in total. The van der Waals surface area contributed by atoms with Crippen LogP contribution >= 0.6 is 0 Å². The quantitative estimate of drug-likeness (QED) is 0.415. The van der Waals surface area contributed by atoms with Gasteiger partial charge in [-0.15, -0.1) is 13.2 Å². The first-order valence-corrected chi connectivity index (χ1v) is 4.08. The molecule has 2 amide bonds. The van der Waals surface area contributed by atoms with E-state index >= 15 is 0 Å². The topological polar surface area (TPSA) is 78.4 Å². The second-order valence-electron chi connectivity index (χ2n) is 2.47. The third-order valence-corrected chi connectivity index (χ3v) is 1.34. The Balaban J connectivity index is 0. The van der Waals surface area contributed by atoms with E-state index in [1.807, 2.05) is 0 Å². The molecule has 0 aliphatic heterocycles. The van der Waals surface area contributed by atoms with Gasteiger partial charge in [0, 0.05) is 13.1 Å². The second kappa shape index (κ2) is 8.96. The van der Waals surface area contributed by atoms with Gasteiger partial charge in [-0.1, -0.05) is 19.6 Å². The second-order valence-corrected chi connectivity index (χ2v) is 2.47. The number of carbonyl (C=O) groups excluding carboxylic acids is 2. The number of nitrogens with one attached hydrogen (secondary N) is 2. The summed E-state index contributed by atoms with van der Waals surface area (Å²) in [6.07, 6.45) is 1.22. The van der Waals surface area contributed by atoms with Gasteiger partial charge in [-0.3, -0.25) is 9.59 Å². The zero-order valence-corrected chi connectivity index (χ0v) is 7.82. The molecule has 15 heavy (non-hydrogen) atoms. The highest BCUT2D eigenvalue weighted by atomic mass is 16.3. The summed E-state index contributed by atoms with van der Waals surface area (Å²) in [6.45, 7) is 7.18. The minimum absolute atomic E-state index is 0. The number of amides is 2. The summed E-state index contributed by atoms with van der Waals surface area (Å²) in [5, 5.41) is 13.7. The van der Waals surface area contributed by atoms with Gasteiger partial charge in [-0.25, -0.2) is 0 Å². The maximum Gasteiger partial charge on any atom is 0.258 e. The Hall–Kier alpha value is -1.62. The number of hydrogen-bond acceptors (Lipinski definition) is 3. The van der Waals surface area contributed by atoms with Crippen LogP contribution in [0.2, 0.25) is 0 Å². The number of rotatable bonds is 6. The Bertz CT molecular complexity index is 215. The molecule has 0 rings (SSSR count). The smallest absolute Gasteiger partial charge is 0.258 e. The molecule has 0 saturated heterocycles. The van der Waals surface area contributed by atoms with E-state index in [0.29, 0.717) is 0 Å². The Kier molecular flexibility index (Phi) is 9.45. The standard InChI is InChI=1S/C9H14N2O3.CH4/c1-3-5-10-8(13)7(12)9(14)11-6-4-2;/h3-4,7,12H,1-2,5-6H2,(H,10,13)(H,11,14);1H4. The van der Waals surface area contributed by atoms with E-state index in [0.717, 1.165) is 0 Å². The molecule has 0 atom stereocenters. The minimum Gasteiger partial charge on any atom is -0.375 e. The van der Waals surface area contributed by atoms with E-state index in [1.165, 1.54) is 12.2 Å². The molecule has 0 aromatic rings. The van der Waals surface area contributed by atoms with Gasteiger partial charge in [0.05, 0.1) is 0 Å². The van der Waals surface area contributed by atoms with Crippen LogP contribution in [-0.2, 0) is 9.59 Å². The van der Waals surface area contributed by atoms with Gasteiger partial charge in [0.2, 0.25) is 6.10 Å². The summed E-state index contributed by atoms with van der Waals surface area (Å²) in [6, 6.07) is 0. The molecule has 0 saturated carbocycles. The van der Waals surface area contributed by atoms with Crippen LogP contribution in [0.5, 0.6) is 0 Å². The van der Waals surface area contributed by atoms with Crippen molar-refractivity contribution in [2.45, 2.75) is 13.5 Å². The molecule has 0 unspecified atom stereocenters. The van der Waals surface area contributed by atoms with Crippen molar-refractivity contribution in [3.63, 3.8) is 0 Å². The molecule has 0 fully saturated rings. The summed E-state index contributed by atoms with van der Waals surface area (Å²) >= 11 is 0. The largest absolute Gasteiger partial charge is 0.375 e. The number of carbonyl (C=O) groups is 2. The first-order valence-electron chi connectivity index (χ1n) is 4.08. The average molecular weight is 214 g/mol. The van der Waals surface area contributed by atoms with Gasteiger partial charge in [0.15, 0.2) is 0 Å². The maximum absolute atomic E-state index is 11.0. The molecule has 0 radical (unpaired) electrons. The molecular weight excluding hydrogens is 196 g/mol. The molecule has 86 valence electrons. The molecule has 3 N–H and O–H groups in total. The highest BCUT2D eigenvalue weighted by Crippen LogP contribution is 1.83. The van der Waals surface area contributed by atoms with Crippen LogP contribution in [0.1, 0.15) is 7.43 Å². The third-order valence-electron chi connectivity index (χ3n) is 1.34. The van der Waals surface area contributed by atoms with Crippen LogP contribution in [-0.4, -0.2) is 36.1 Å². The van der Waals surface area contributed by atoms with Crippen molar-refractivity contribution in [3.05, 3.63) is 25.3 Å². The molecule has 0 bridgehead atoms.